The van der Waals surface area contributed by atoms with E-state index in [-0.39, 0.29) is 11.0 Å². The largest absolute Gasteiger partial charge is 0.459 e. The highest BCUT2D eigenvalue weighted by Gasteiger charge is 2.27. The Morgan fingerprint density at radius 1 is 1.43 bits per heavy atom. The molecule has 0 aliphatic carbocycles. The molecule has 0 radical (unpaired) electrons. The zero-order chi connectivity index (χ0) is 15.4. The summed E-state index contributed by atoms with van der Waals surface area (Å²) in [5, 5.41) is 13.1. The minimum Gasteiger partial charge on any atom is -0.459 e. The summed E-state index contributed by atoms with van der Waals surface area (Å²) in [4.78, 5) is 24.5. The van der Waals surface area contributed by atoms with Crippen molar-refractivity contribution in [2.24, 2.45) is 0 Å². The monoisotopic (exact) mass is 346 g/mol. The van der Waals surface area contributed by atoms with Gasteiger partial charge in [-0.15, -0.1) is 10.2 Å². The molecule has 1 aromatic heterocycles. The number of hydrogen-bond acceptors (Lipinski definition) is 8. The van der Waals surface area contributed by atoms with Gasteiger partial charge in [-0.3, -0.25) is 10.1 Å². The van der Waals surface area contributed by atoms with Gasteiger partial charge in [-0.1, -0.05) is 11.3 Å². The summed E-state index contributed by atoms with van der Waals surface area (Å²) < 4.78 is 8.11. The van der Waals surface area contributed by atoms with Crippen LogP contribution in [0.2, 0.25) is 0 Å². The first-order valence-electron chi connectivity index (χ1n) is 5.99. The third-order valence-corrected chi connectivity index (χ3v) is 6.03. The molecule has 1 aromatic rings. The van der Waals surface area contributed by atoms with Gasteiger partial charge in [0, 0.05) is 6.20 Å². The normalized spacial score (nSPS) is 17.5. The SMILES string of the molecule is Cc1nnc(NC(=O)/C(C(=O)OC(C)C)=S2/NC=CS2)s1. The lowest BCUT2D eigenvalue weighted by Gasteiger charge is -2.12. The third kappa shape index (κ3) is 4.29. The highest BCUT2D eigenvalue weighted by Crippen LogP contribution is 2.34. The quantitative estimate of drug-likeness (QED) is 0.372. The average Bonchev–Trinajstić information content (AvgIpc) is 3.01. The molecule has 1 aliphatic heterocycles. The number of nitrogens with zero attached hydrogens (tertiary/aromatic N) is 2. The van der Waals surface area contributed by atoms with Crippen molar-refractivity contribution in [3.63, 3.8) is 0 Å². The molecule has 1 aliphatic rings. The van der Waals surface area contributed by atoms with Gasteiger partial charge in [0.1, 0.15) is 5.01 Å². The Bertz CT molecular complexity index is 614. The molecule has 0 aromatic carbocycles. The maximum atomic E-state index is 12.3. The van der Waals surface area contributed by atoms with Crippen LogP contribution in [0.15, 0.2) is 11.6 Å². The van der Waals surface area contributed by atoms with Crippen LogP contribution in [0, 0.1) is 6.92 Å². The molecule has 2 rings (SSSR count). The molecule has 21 heavy (non-hydrogen) atoms. The van der Waals surface area contributed by atoms with Crippen LogP contribution in [0.1, 0.15) is 18.9 Å². The topological polar surface area (TPSA) is 93.2 Å². The van der Waals surface area contributed by atoms with Gasteiger partial charge in [0.2, 0.25) is 5.13 Å². The Kier molecular flexibility index (Phi) is 5.37. The van der Waals surface area contributed by atoms with E-state index in [1.807, 2.05) is 0 Å². The molecule has 114 valence electrons. The summed E-state index contributed by atoms with van der Waals surface area (Å²) in [5.41, 5.74) is 0. The van der Waals surface area contributed by atoms with Crippen LogP contribution >= 0.6 is 31.8 Å². The van der Waals surface area contributed by atoms with E-state index in [0.717, 1.165) is 5.01 Å². The van der Waals surface area contributed by atoms with Gasteiger partial charge >= 0.3 is 5.97 Å². The van der Waals surface area contributed by atoms with Crippen molar-refractivity contribution in [3.8, 4) is 0 Å². The van der Waals surface area contributed by atoms with E-state index in [9.17, 15) is 9.59 Å². The summed E-state index contributed by atoms with van der Waals surface area (Å²) in [5.74, 6) is -1.15. The predicted octanol–water partition coefficient (Wildman–Crippen LogP) is 1.82. The number of aromatic nitrogens is 2. The molecule has 0 spiro atoms. The average molecular weight is 346 g/mol. The van der Waals surface area contributed by atoms with Crippen LogP contribution < -0.4 is 10.0 Å². The van der Waals surface area contributed by atoms with Crippen molar-refractivity contribution in [1.82, 2.24) is 14.9 Å². The van der Waals surface area contributed by atoms with E-state index in [1.165, 1.54) is 22.1 Å². The van der Waals surface area contributed by atoms with Crippen LogP contribution in [0.3, 0.4) is 0 Å². The van der Waals surface area contributed by atoms with E-state index in [4.69, 9.17) is 4.74 Å². The number of esters is 1. The molecular weight excluding hydrogens is 332 g/mol. The Morgan fingerprint density at radius 3 is 2.71 bits per heavy atom. The minimum absolute atomic E-state index is 0.0338. The van der Waals surface area contributed by atoms with E-state index in [1.54, 1.807) is 32.4 Å². The summed E-state index contributed by atoms with van der Waals surface area (Å²) >= 11 is 1.24. The lowest BCUT2D eigenvalue weighted by atomic mass is 10.4. The first kappa shape index (κ1) is 16.0. The van der Waals surface area contributed by atoms with Crippen molar-refractivity contribution in [1.29, 1.82) is 0 Å². The van der Waals surface area contributed by atoms with Gasteiger partial charge in [-0.25, -0.2) is 4.79 Å². The molecule has 1 amide bonds. The number of anilines is 1. The number of carbonyl (C=O) groups excluding carboxylic acids is 2. The Labute approximate surface area is 132 Å². The van der Waals surface area contributed by atoms with Crippen molar-refractivity contribution < 1.29 is 14.3 Å². The van der Waals surface area contributed by atoms with Gasteiger partial charge < -0.3 is 9.46 Å². The Morgan fingerprint density at radius 2 is 2.19 bits per heavy atom. The number of aryl methyl sites for hydroxylation is 1. The smallest absolute Gasteiger partial charge is 0.352 e. The summed E-state index contributed by atoms with van der Waals surface area (Å²) in [6, 6.07) is 0. The molecule has 0 fully saturated rings. The van der Waals surface area contributed by atoms with Crippen LogP contribution in [-0.2, 0) is 14.3 Å². The van der Waals surface area contributed by atoms with E-state index in [0.29, 0.717) is 5.13 Å². The molecule has 0 saturated carbocycles. The number of ether oxygens (including phenoxy) is 1. The van der Waals surface area contributed by atoms with E-state index >= 15 is 0 Å². The third-order valence-electron chi connectivity index (χ3n) is 2.06. The highest BCUT2D eigenvalue weighted by molar-refractivity contribution is 8.85. The summed E-state index contributed by atoms with van der Waals surface area (Å²) in [6.45, 7) is 5.25. The van der Waals surface area contributed by atoms with Gasteiger partial charge in [0.05, 0.1) is 6.10 Å². The predicted molar refractivity (Wildman–Crippen MR) is 87.0 cm³/mol. The van der Waals surface area contributed by atoms with E-state index < -0.39 is 21.6 Å². The minimum atomic E-state index is -0.766. The maximum Gasteiger partial charge on any atom is 0.352 e. The first-order valence-corrected chi connectivity index (χ1v) is 9.43. The fourth-order valence-corrected chi connectivity index (χ4v) is 4.67. The fraction of sp³-hybridized carbons (Fsp3) is 0.364. The van der Waals surface area contributed by atoms with Crippen LogP contribution in [0.5, 0.6) is 0 Å². The number of hydrogen-bond donors (Lipinski definition) is 2. The van der Waals surface area contributed by atoms with Gasteiger partial charge in [-0.2, -0.15) is 0 Å². The van der Waals surface area contributed by atoms with Crippen LogP contribution in [0.25, 0.3) is 0 Å². The Hall–Kier alpha value is -1.39. The van der Waals surface area contributed by atoms with E-state index in [2.05, 4.69) is 20.2 Å². The molecule has 0 bridgehead atoms. The van der Waals surface area contributed by atoms with Crippen LogP contribution in [0.4, 0.5) is 5.13 Å². The highest BCUT2D eigenvalue weighted by atomic mass is 33.1. The molecule has 1 atom stereocenters. The van der Waals surface area contributed by atoms with Gasteiger partial charge in [0.25, 0.3) is 5.91 Å². The van der Waals surface area contributed by atoms with Gasteiger partial charge in [0.15, 0.2) is 4.86 Å². The molecule has 2 heterocycles. The number of nitrogens with one attached hydrogen (secondary N) is 2. The first-order chi connectivity index (χ1) is 9.97. The number of rotatable bonds is 4. The van der Waals surface area contributed by atoms with Crippen molar-refractivity contribution >= 4 is 53.7 Å². The molecule has 1 unspecified atom stereocenters. The summed E-state index contributed by atoms with van der Waals surface area (Å²) in [6.07, 6.45) is 1.40. The Balaban J connectivity index is 2.21. The zero-order valence-electron chi connectivity index (χ0n) is 11.6. The molecular formula is C11H14N4O3S3. The number of carbonyl (C=O) groups is 2. The molecule has 0 saturated heterocycles. The second-order valence-corrected chi connectivity index (χ2v) is 8.55. The zero-order valence-corrected chi connectivity index (χ0v) is 14.0. The fourth-order valence-electron chi connectivity index (χ4n) is 1.33. The van der Waals surface area contributed by atoms with Gasteiger partial charge in [-0.05, 0) is 46.7 Å². The lowest BCUT2D eigenvalue weighted by Crippen LogP contribution is -2.33. The van der Waals surface area contributed by atoms with Crippen LogP contribution in [-0.4, -0.2) is 33.0 Å². The maximum absolute atomic E-state index is 12.3. The van der Waals surface area contributed by atoms with Crippen molar-refractivity contribution in [2.75, 3.05) is 5.32 Å². The number of amides is 1. The molecule has 10 heteroatoms. The van der Waals surface area contributed by atoms with Crippen molar-refractivity contribution in [3.05, 3.63) is 16.6 Å². The second-order valence-electron chi connectivity index (χ2n) is 4.15. The standard InChI is InChI=1S/C11H14N4O3S3/c1-6(2)18-10(17)8(21-12-4-5-19-21)9(16)13-11-15-14-7(3)20-11/h4-6,12H,1-3H3,(H,13,15,16). The second kappa shape index (κ2) is 7.05. The molecule has 7 nitrogen and oxygen atoms in total. The molecule has 2 N–H and O–H groups in total. The lowest BCUT2D eigenvalue weighted by molar-refractivity contribution is -0.139. The summed E-state index contributed by atoms with van der Waals surface area (Å²) in [7, 11) is 0.588. The van der Waals surface area contributed by atoms with Crippen molar-refractivity contribution in [2.45, 2.75) is 26.9 Å².